The number of rotatable bonds is 3. The molecule has 0 bridgehead atoms. The van der Waals surface area contributed by atoms with E-state index in [0.717, 1.165) is 10.0 Å². The smallest absolute Gasteiger partial charge is 0.212 e. The molecule has 2 rings (SSSR count). The molecule has 1 saturated heterocycles. The molecule has 0 amide bonds. The summed E-state index contributed by atoms with van der Waals surface area (Å²) in [6, 6.07) is 7.35. The molecule has 0 radical (unpaired) electrons. The summed E-state index contributed by atoms with van der Waals surface area (Å²) in [4.78, 5) is 0. The minimum Gasteiger partial charge on any atom is -0.212 e. The van der Waals surface area contributed by atoms with Crippen molar-refractivity contribution in [1.82, 2.24) is 4.31 Å². The van der Waals surface area contributed by atoms with Crippen molar-refractivity contribution in [1.29, 1.82) is 0 Å². The van der Waals surface area contributed by atoms with Crippen LogP contribution in [-0.4, -0.2) is 28.8 Å². The van der Waals surface area contributed by atoms with Crippen LogP contribution >= 0.6 is 50.7 Å². The molecule has 0 aromatic heterocycles. The van der Waals surface area contributed by atoms with Crippen LogP contribution in [0.4, 0.5) is 0 Å². The molecule has 1 aliphatic heterocycles. The van der Waals surface area contributed by atoms with Gasteiger partial charge in [-0.05, 0) is 17.7 Å². The molecular weight excluding hydrogens is 384 g/mol. The lowest BCUT2D eigenvalue weighted by Crippen LogP contribution is -2.25. The Morgan fingerprint density at radius 3 is 2.61 bits per heavy atom. The summed E-state index contributed by atoms with van der Waals surface area (Å²) in [6.45, 7) is 0.430. The van der Waals surface area contributed by atoms with Gasteiger partial charge in [-0.1, -0.05) is 62.9 Å². The Labute approximate surface area is 129 Å². The molecule has 100 valence electrons. The molecule has 2 atom stereocenters. The first-order valence-electron chi connectivity index (χ1n) is 5.01. The Bertz CT molecular complexity index is 558. The van der Waals surface area contributed by atoms with Crippen molar-refractivity contribution in [2.24, 2.45) is 0 Å². The monoisotopic (exact) mass is 391 g/mol. The zero-order valence-corrected chi connectivity index (χ0v) is 13.7. The van der Waals surface area contributed by atoms with Crippen molar-refractivity contribution in [2.45, 2.75) is 9.83 Å². The summed E-state index contributed by atoms with van der Waals surface area (Å²) < 4.78 is 24.3. The normalized spacial score (nSPS) is 24.0. The number of benzene rings is 1. The zero-order valence-electron chi connectivity index (χ0n) is 8.98. The highest BCUT2D eigenvalue weighted by Crippen LogP contribution is 2.41. The molecule has 0 saturated carbocycles. The summed E-state index contributed by atoms with van der Waals surface area (Å²) in [5.41, 5.74) is 0.928. The lowest BCUT2D eigenvalue weighted by molar-refractivity contribution is 0.554. The average molecular weight is 394 g/mol. The van der Waals surface area contributed by atoms with E-state index >= 15 is 0 Å². The molecule has 3 nitrogen and oxygen atoms in total. The van der Waals surface area contributed by atoms with Crippen LogP contribution < -0.4 is 0 Å². The average Bonchev–Trinajstić information content (AvgIpc) is 2.93. The third kappa shape index (κ3) is 3.74. The highest BCUT2D eigenvalue weighted by molar-refractivity contribution is 9.10. The maximum absolute atomic E-state index is 11.9. The molecule has 0 N–H and O–H groups in total. The molecule has 0 spiro atoms. The zero-order chi connectivity index (χ0) is 13.6. The van der Waals surface area contributed by atoms with Crippen LogP contribution in [0.5, 0.6) is 0 Å². The Hall–Kier alpha value is 0.480. The molecule has 8 heteroatoms. The fourth-order valence-corrected chi connectivity index (χ4v) is 4.82. The van der Waals surface area contributed by atoms with E-state index in [1.165, 1.54) is 4.31 Å². The Balaban J connectivity index is 2.12. The van der Waals surface area contributed by atoms with Gasteiger partial charge in [-0.15, -0.1) is 0 Å². The second-order valence-corrected chi connectivity index (χ2v) is 9.37. The number of sulfonamides is 1. The number of halogens is 4. The van der Waals surface area contributed by atoms with Crippen LogP contribution in [0.3, 0.4) is 0 Å². The molecule has 1 fully saturated rings. The number of alkyl halides is 3. The lowest BCUT2D eigenvalue weighted by atomic mass is 10.2. The van der Waals surface area contributed by atoms with Gasteiger partial charge in [-0.25, -0.2) is 8.42 Å². The van der Waals surface area contributed by atoms with E-state index < -0.39 is 19.6 Å². The third-order valence-electron chi connectivity index (χ3n) is 2.50. The Kier molecular flexibility index (Phi) is 4.22. The summed E-state index contributed by atoms with van der Waals surface area (Å²) >= 11 is 19.9. The van der Waals surface area contributed by atoms with Gasteiger partial charge >= 0.3 is 0 Å². The van der Waals surface area contributed by atoms with Crippen LogP contribution in [0.2, 0.25) is 0 Å². The summed E-state index contributed by atoms with van der Waals surface area (Å²) in [6.07, 6.45) is 0. The van der Waals surface area contributed by atoms with Crippen molar-refractivity contribution in [3.05, 3.63) is 34.3 Å². The standard InChI is InChI=1S/C10H9BrCl3NO2S/c11-8-3-1-2-7(4-8)9-5-15(9)18(16,17)6-10(12,13)14/h1-4,9H,5-6H2. The van der Waals surface area contributed by atoms with Gasteiger partial charge in [0.1, 0.15) is 5.75 Å². The minimum absolute atomic E-state index is 0.153. The van der Waals surface area contributed by atoms with E-state index in [2.05, 4.69) is 15.9 Å². The van der Waals surface area contributed by atoms with Gasteiger partial charge in [0.05, 0.1) is 6.04 Å². The van der Waals surface area contributed by atoms with Crippen molar-refractivity contribution in [2.75, 3.05) is 12.3 Å². The number of hydrogen-bond acceptors (Lipinski definition) is 2. The van der Waals surface area contributed by atoms with Gasteiger partial charge in [0.2, 0.25) is 13.8 Å². The van der Waals surface area contributed by atoms with Gasteiger partial charge in [0.25, 0.3) is 0 Å². The first-order chi connectivity index (χ1) is 8.19. The first kappa shape index (κ1) is 14.9. The van der Waals surface area contributed by atoms with E-state index in [9.17, 15) is 8.42 Å². The van der Waals surface area contributed by atoms with Crippen LogP contribution in [0.15, 0.2) is 28.7 Å². The van der Waals surface area contributed by atoms with Crippen molar-refractivity contribution >= 4 is 60.8 Å². The molecule has 1 heterocycles. The number of hydrogen-bond donors (Lipinski definition) is 0. The fraction of sp³-hybridized carbons (Fsp3) is 0.400. The fourth-order valence-electron chi connectivity index (χ4n) is 1.71. The largest absolute Gasteiger partial charge is 0.219 e. The third-order valence-corrected chi connectivity index (χ3v) is 5.79. The quantitative estimate of drug-likeness (QED) is 0.582. The van der Waals surface area contributed by atoms with Crippen LogP contribution in [0.25, 0.3) is 0 Å². The van der Waals surface area contributed by atoms with Crippen LogP contribution in [-0.2, 0) is 10.0 Å². The van der Waals surface area contributed by atoms with Gasteiger partial charge in [0.15, 0.2) is 0 Å². The summed E-state index contributed by atoms with van der Waals surface area (Å²) in [5.74, 6) is -0.505. The second kappa shape index (κ2) is 5.11. The molecular formula is C10H9BrCl3NO2S. The topological polar surface area (TPSA) is 37.1 Å². The van der Waals surface area contributed by atoms with Crippen molar-refractivity contribution in [3.8, 4) is 0 Å². The van der Waals surface area contributed by atoms with E-state index in [1.807, 2.05) is 24.3 Å². The van der Waals surface area contributed by atoms with Gasteiger partial charge in [0, 0.05) is 11.0 Å². The van der Waals surface area contributed by atoms with Crippen molar-refractivity contribution in [3.63, 3.8) is 0 Å². The first-order valence-corrected chi connectivity index (χ1v) is 8.54. The van der Waals surface area contributed by atoms with Crippen molar-refractivity contribution < 1.29 is 8.42 Å². The van der Waals surface area contributed by atoms with Crippen LogP contribution in [0, 0.1) is 0 Å². The molecule has 1 aliphatic rings. The predicted molar refractivity (Wildman–Crippen MR) is 77.7 cm³/mol. The molecule has 2 unspecified atom stereocenters. The summed E-state index contributed by atoms with van der Waals surface area (Å²) in [7, 11) is -3.53. The molecule has 1 aromatic rings. The minimum atomic E-state index is -3.53. The van der Waals surface area contributed by atoms with E-state index in [-0.39, 0.29) is 6.04 Å². The lowest BCUT2D eigenvalue weighted by Gasteiger charge is -2.12. The molecule has 0 aliphatic carbocycles. The SMILES string of the molecule is O=S(=O)(CC(Cl)(Cl)Cl)N1CC1c1cccc(Br)c1. The van der Waals surface area contributed by atoms with E-state index in [1.54, 1.807) is 0 Å². The maximum Gasteiger partial charge on any atom is 0.219 e. The van der Waals surface area contributed by atoms with E-state index in [4.69, 9.17) is 34.8 Å². The van der Waals surface area contributed by atoms with Gasteiger partial charge in [-0.2, -0.15) is 4.31 Å². The maximum atomic E-state index is 11.9. The second-order valence-electron chi connectivity index (χ2n) is 4.01. The Morgan fingerprint density at radius 1 is 1.39 bits per heavy atom. The van der Waals surface area contributed by atoms with Gasteiger partial charge in [-0.3, -0.25) is 0 Å². The Morgan fingerprint density at radius 2 is 2.06 bits per heavy atom. The predicted octanol–water partition coefficient (Wildman–Crippen LogP) is 3.51. The summed E-state index contributed by atoms with van der Waals surface area (Å²) in [5, 5.41) is 0. The highest BCUT2D eigenvalue weighted by Gasteiger charge is 2.47. The van der Waals surface area contributed by atoms with Crippen LogP contribution in [0.1, 0.15) is 11.6 Å². The van der Waals surface area contributed by atoms with E-state index in [0.29, 0.717) is 6.54 Å². The number of nitrogens with zero attached hydrogens (tertiary/aromatic N) is 1. The molecule has 1 aromatic carbocycles. The van der Waals surface area contributed by atoms with Gasteiger partial charge < -0.3 is 0 Å². The highest BCUT2D eigenvalue weighted by atomic mass is 79.9. The molecule has 18 heavy (non-hydrogen) atoms.